The Labute approximate surface area is 159 Å². The molecular formula is C19H14ClN5O2. The second kappa shape index (κ2) is 7.05. The first-order valence-corrected chi connectivity index (χ1v) is 8.56. The lowest BCUT2D eigenvalue weighted by atomic mass is 10.3. The van der Waals surface area contributed by atoms with Gasteiger partial charge in [0.25, 0.3) is 11.8 Å². The van der Waals surface area contributed by atoms with E-state index in [1.54, 1.807) is 23.0 Å². The van der Waals surface area contributed by atoms with Gasteiger partial charge < -0.3 is 5.32 Å². The molecule has 0 saturated heterocycles. The number of nitrogens with one attached hydrogen (secondary N) is 1. The van der Waals surface area contributed by atoms with E-state index < -0.39 is 11.8 Å². The topological polar surface area (TPSA) is 80.1 Å². The van der Waals surface area contributed by atoms with E-state index in [1.165, 1.54) is 0 Å². The van der Waals surface area contributed by atoms with E-state index in [-0.39, 0.29) is 17.3 Å². The van der Waals surface area contributed by atoms with E-state index in [2.05, 4.69) is 15.6 Å². The van der Waals surface area contributed by atoms with Gasteiger partial charge >= 0.3 is 0 Å². The molecule has 2 heterocycles. The predicted octanol–water partition coefficient (Wildman–Crippen LogP) is 2.70. The van der Waals surface area contributed by atoms with Crippen molar-refractivity contribution >= 4 is 29.1 Å². The normalized spacial score (nSPS) is 14.2. The molecule has 0 aliphatic carbocycles. The highest BCUT2D eigenvalue weighted by molar-refractivity contribution is 6.48. The summed E-state index contributed by atoms with van der Waals surface area (Å²) >= 11 is 6.10. The van der Waals surface area contributed by atoms with Gasteiger partial charge in [0.15, 0.2) is 0 Å². The molecule has 4 rings (SSSR count). The fourth-order valence-corrected chi connectivity index (χ4v) is 2.93. The van der Waals surface area contributed by atoms with Crippen molar-refractivity contribution in [3.8, 4) is 5.69 Å². The third-order valence-corrected chi connectivity index (χ3v) is 4.39. The van der Waals surface area contributed by atoms with Gasteiger partial charge in [-0.3, -0.25) is 14.5 Å². The SMILES string of the molecule is O=C1C(Cl)=C(Nc2ccccc2)C(=O)N1Cc1cn(-c2ccccc2)nn1. The zero-order valence-corrected chi connectivity index (χ0v) is 14.8. The van der Waals surface area contributed by atoms with Crippen molar-refractivity contribution in [3.63, 3.8) is 0 Å². The summed E-state index contributed by atoms with van der Waals surface area (Å²) in [5.74, 6) is -1.06. The maximum atomic E-state index is 12.7. The van der Waals surface area contributed by atoms with Crippen LogP contribution < -0.4 is 5.32 Å². The molecule has 1 aliphatic rings. The number of hydrogen-bond donors (Lipinski definition) is 1. The van der Waals surface area contributed by atoms with Gasteiger partial charge in [0, 0.05) is 5.69 Å². The number of nitrogens with zero attached hydrogens (tertiary/aromatic N) is 4. The number of carbonyl (C=O) groups excluding carboxylic acids is 2. The van der Waals surface area contributed by atoms with Crippen LogP contribution in [0.4, 0.5) is 5.69 Å². The third-order valence-electron chi connectivity index (χ3n) is 4.04. The molecule has 0 radical (unpaired) electrons. The molecule has 1 aromatic heterocycles. The lowest BCUT2D eigenvalue weighted by Crippen LogP contribution is -2.32. The van der Waals surface area contributed by atoms with Gasteiger partial charge in [0.05, 0.1) is 18.4 Å². The van der Waals surface area contributed by atoms with Crippen LogP contribution in [0.3, 0.4) is 0 Å². The summed E-state index contributed by atoms with van der Waals surface area (Å²) in [4.78, 5) is 26.1. The van der Waals surface area contributed by atoms with Crippen LogP contribution in [0, 0.1) is 0 Å². The lowest BCUT2D eigenvalue weighted by Gasteiger charge is -2.13. The second-order valence-electron chi connectivity index (χ2n) is 5.87. The van der Waals surface area contributed by atoms with Crippen molar-refractivity contribution in [3.05, 3.63) is 83.3 Å². The predicted molar refractivity (Wildman–Crippen MR) is 99.9 cm³/mol. The van der Waals surface area contributed by atoms with Crippen LogP contribution in [0.5, 0.6) is 0 Å². The van der Waals surface area contributed by atoms with Crippen LogP contribution in [-0.4, -0.2) is 31.7 Å². The molecule has 0 fully saturated rings. The molecule has 2 aromatic carbocycles. The Morgan fingerprint density at radius 3 is 2.30 bits per heavy atom. The molecule has 7 nitrogen and oxygen atoms in total. The fourth-order valence-electron chi connectivity index (χ4n) is 2.70. The number of rotatable bonds is 5. The number of halogens is 1. The van der Waals surface area contributed by atoms with E-state index in [1.807, 2.05) is 48.5 Å². The lowest BCUT2D eigenvalue weighted by molar-refractivity contribution is -0.138. The van der Waals surface area contributed by atoms with Gasteiger partial charge in [-0.2, -0.15) is 0 Å². The zero-order chi connectivity index (χ0) is 18.8. The van der Waals surface area contributed by atoms with Crippen LogP contribution in [0.1, 0.15) is 5.69 Å². The molecule has 0 saturated carbocycles. The minimum atomic E-state index is -0.561. The average molecular weight is 380 g/mol. The van der Waals surface area contributed by atoms with Crippen LogP contribution in [0.15, 0.2) is 77.6 Å². The monoisotopic (exact) mass is 379 g/mol. The maximum Gasteiger partial charge on any atom is 0.279 e. The van der Waals surface area contributed by atoms with E-state index in [4.69, 9.17) is 11.6 Å². The molecule has 1 aliphatic heterocycles. The molecule has 2 amide bonds. The molecule has 0 unspecified atom stereocenters. The number of benzene rings is 2. The molecule has 0 bridgehead atoms. The van der Waals surface area contributed by atoms with Gasteiger partial charge in [0.2, 0.25) is 0 Å². The molecule has 3 aromatic rings. The van der Waals surface area contributed by atoms with Crippen molar-refractivity contribution in [2.24, 2.45) is 0 Å². The second-order valence-corrected chi connectivity index (χ2v) is 6.24. The summed E-state index contributed by atoms with van der Waals surface area (Å²) < 4.78 is 1.58. The summed E-state index contributed by atoms with van der Waals surface area (Å²) in [5, 5.41) is 10.9. The van der Waals surface area contributed by atoms with Crippen molar-refractivity contribution in [1.29, 1.82) is 0 Å². The zero-order valence-electron chi connectivity index (χ0n) is 14.0. The van der Waals surface area contributed by atoms with Crippen LogP contribution in [0.25, 0.3) is 5.69 Å². The van der Waals surface area contributed by atoms with Crippen molar-refractivity contribution in [2.45, 2.75) is 6.54 Å². The smallest absolute Gasteiger partial charge is 0.279 e. The van der Waals surface area contributed by atoms with Crippen LogP contribution in [0.2, 0.25) is 0 Å². The Kier molecular flexibility index (Phi) is 4.43. The van der Waals surface area contributed by atoms with Crippen molar-refractivity contribution < 1.29 is 9.59 Å². The number of anilines is 1. The number of para-hydroxylation sites is 2. The third kappa shape index (κ3) is 3.32. The molecular weight excluding hydrogens is 366 g/mol. The summed E-state index contributed by atoms with van der Waals surface area (Å²) in [6.07, 6.45) is 1.67. The Morgan fingerprint density at radius 1 is 0.926 bits per heavy atom. The molecule has 134 valence electrons. The summed E-state index contributed by atoms with van der Waals surface area (Å²) in [5.41, 5.74) is 2.04. The quantitative estimate of drug-likeness (QED) is 0.689. The molecule has 27 heavy (non-hydrogen) atoms. The van der Waals surface area contributed by atoms with Gasteiger partial charge in [0.1, 0.15) is 16.4 Å². The molecule has 1 N–H and O–H groups in total. The van der Waals surface area contributed by atoms with Crippen molar-refractivity contribution in [2.75, 3.05) is 5.32 Å². The fraction of sp³-hybridized carbons (Fsp3) is 0.0526. The largest absolute Gasteiger partial charge is 0.350 e. The standard InChI is InChI=1S/C19H14ClN5O2/c20-16-17(21-13-7-3-1-4-8-13)19(27)24(18(16)26)11-14-12-25(23-22-14)15-9-5-2-6-10-15/h1-10,12,21H,11H2. The Morgan fingerprint density at radius 2 is 1.59 bits per heavy atom. The minimum absolute atomic E-state index is 0.0132. The number of hydrogen-bond acceptors (Lipinski definition) is 5. The Hall–Kier alpha value is -3.45. The molecule has 0 atom stereocenters. The number of carbonyl (C=O) groups is 2. The minimum Gasteiger partial charge on any atom is -0.350 e. The first-order chi connectivity index (χ1) is 13.1. The van der Waals surface area contributed by atoms with Gasteiger partial charge in [-0.1, -0.05) is 53.2 Å². The Balaban J connectivity index is 1.52. The first-order valence-electron chi connectivity index (χ1n) is 8.18. The summed E-state index contributed by atoms with van der Waals surface area (Å²) in [6, 6.07) is 18.5. The van der Waals surface area contributed by atoms with Gasteiger partial charge in [-0.25, -0.2) is 4.68 Å². The number of amides is 2. The van der Waals surface area contributed by atoms with Crippen LogP contribution >= 0.6 is 11.6 Å². The molecule has 0 spiro atoms. The highest BCUT2D eigenvalue weighted by atomic mass is 35.5. The van der Waals surface area contributed by atoms with E-state index >= 15 is 0 Å². The average Bonchev–Trinajstić information content (AvgIpc) is 3.25. The number of aromatic nitrogens is 3. The molecule has 8 heteroatoms. The number of imide groups is 1. The van der Waals surface area contributed by atoms with E-state index in [0.29, 0.717) is 11.4 Å². The maximum absolute atomic E-state index is 12.7. The van der Waals surface area contributed by atoms with E-state index in [9.17, 15) is 9.59 Å². The highest BCUT2D eigenvalue weighted by Gasteiger charge is 2.38. The van der Waals surface area contributed by atoms with Crippen LogP contribution in [-0.2, 0) is 16.1 Å². The summed E-state index contributed by atoms with van der Waals surface area (Å²) in [7, 11) is 0. The highest BCUT2D eigenvalue weighted by Crippen LogP contribution is 2.26. The Bertz CT molecular complexity index is 1030. The van der Waals surface area contributed by atoms with E-state index in [0.717, 1.165) is 10.6 Å². The first kappa shape index (κ1) is 17.0. The van der Waals surface area contributed by atoms with Crippen molar-refractivity contribution in [1.82, 2.24) is 19.9 Å². The van der Waals surface area contributed by atoms with Gasteiger partial charge in [-0.15, -0.1) is 5.10 Å². The van der Waals surface area contributed by atoms with Gasteiger partial charge in [-0.05, 0) is 24.3 Å². The summed E-state index contributed by atoms with van der Waals surface area (Å²) in [6.45, 7) is -0.0132.